The van der Waals surface area contributed by atoms with Crippen molar-refractivity contribution in [2.24, 2.45) is 5.92 Å². The smallest absolute Gasteiger partial charge is 0.302 e. The van der Waals surface area contributed by atoms with Crippen molar-refractivity contribution in [2.45, 2.75) is 33.1 Å². The number of aliphatic hydroxyl groups excluding tert-OH is 2. The first-order valence-electron chi connectivity index (χ1n) is 5.48. The number of aliphatic carboxylic acids is 1. The number of esters is 1. The van der Waals surface area contributed by atoms with E-state index in [9.17, 15) is 4.79 Å². The summed E-state index contributed by atoms with van der Waals surface area (Å²) < 4.78 is 4.76. The number of ether oxygens (including phenoxy) is 1. The van der Waals surface area contributed by atoms with E-state index >= 15 is 0 Å². The van der Waals surface area contributed by atoms with Gasteiger partial charge in [-0.05, 0) is 25.2 Å². The minimum Gasteiger partial charge on any atom is -0.481 e. The van der Waals surface area contributed by atoms with E-state index in [4.69, 9.17) is 24.9 Å². The topological polar surface area (TPSA) is 104 Å². The van der Waals surface area contributed by atoms with Crippen LogP contribution in [0.15, 0.2) is 0 Å². The van der Waals surface area contributed by atoms with Crippen LogP contribution in [0.2, 0.25) is 0 Å². The van der Waals surface area contributed by atoms with Gasteiger partial charge in [0.25, 0.3) is 5.97 Å². The van der Waals surface area contributed by atoms with Crippen LogP contribution in [0.1, 0.15) is 33.1 Å². The summed E-state index contributed by atoms with van der Waals surface area (Å²) in [5, 5.41) is 24.8. The lowest BCUT2D eigenvalue weighted by Crippen LogP contribution is -2.10. The normalized spacial score (nSPS) is 9.47. The molecule has 0 spiro atoms. The van der Waals surface area contributed by atoms with Gasteiger partial charge in [0.1, 0.15) is 0 Å². The van der Waals surface area contributed by atoms with Crippen LogP contribution in [0.25, 0.3) is 0 Å². The molecule has 0 saturated heterocycles. The first-order chi connectivity index (χ1) is 7.93. The van der Waals surface area contributed by atoms with Crippen molar-refractivity contribution in [3.05, 3.63) is 0 Å². The largest absolute Gasteiger partial charge is 0.481 e. The van der Waals surface area contributed by atoms with Gasteiger partial charge in [-0.1, -0.05) is 0 Å². The third-order valence-corrected chi connectivity index (χ3v) is 1.91. The maximum absolute atomic E-state index is 10.4. The van der Waals surface area contributed by atoms with Gasteiger partial charge >= 0.3 is 5.97 Å². The van der Waals surface area contributed by atoms with Crippen LogP contribution in [-0.4, -0.2) is 47.1 Å². The number of hydrogen-bond acceptors (Lipinski definition) is 5. The highest BCUT2D eigenvalue weighted by Crippen LogP contribution is 2.12. The van der Waals surface area contributed by atoms with Crippen molar-refractivity contribution in [3.63, 3.8) is 0 Å². The first-order valence-corrected chi connectivity index (χ1v) is 5.48. The maximum atomic E-state index is 10.4. The fraction of sp³-hybridized carbons (Fsp3) is 0.818. The second-order valence-corrected chi connectivity index (χ2v) is 3.54. The van der Waals surface area contributed by atoms with Crippen molar-refractivity contribution >= 4 is 11.9 Å². The van der Waals surface area contributed by atoms with Gasteiger partial charge in [0.15, 0.2) is 0 Å². The molecule has 0 heterocycles. The summed E-state index contributed by atoms with van der Waals surface area (Å²) >= 11 is 0. The lowest BCUT2D eigenvalue weighted by Gasteiger charge is -2.13. The Morgan fingerprint density at radius 2 is 1.47 bits per heavy atom. The summed E-state index contributed by atoms with van der Waals surface area (Å²) in [6, 6.07) is 0. The first kappa shape index (κ1) is 18.2. The molecule has 0 aromatic carbocycles. The van der Waals surface area contributed by atoms with Gasteiger partial charge in [-0.15, -0.1) is 0 Å². The molecule has 0 atom stereocenters. The van der Waals surface area contributed by atoms with E-state index in [1.54, 1.807) is 0 Å². The molecule has 0 amide bonds. The Balaban J connectivity index is 0. The molecule has 102 valence electrons. The van der Waals surface area contributed by atoms with Crippen LogP contribution in [0, 0.1) is 5.92 Å². The third kappa shape index (κ3) is 20.8. The van der Waals surface area contributed by atoms with Crippen LogP contribution < -0.4 is 0 Å². The van der Waals surface area contributed by atoms with E-state index in [2.05, 4.69) is 0 Å². The van der Waals surface area contributed by atoms with E-state index in [1.807, 2.05) is 0 Å². The Morgan fingerprint density at radius 1 is 1.06 bits per heavy atom. The predicted molar refractivity (Wildman–Crippen MR) is 61.5 cm³/mol. The number of hydrogen-bond donors (Lipinski definition) is 3. The molecule has 0 bridgehead atoms. The monoisotopic (exact) mass is 250 g/mol. The average molecular weight is 250 g/mol. The molecule has 0 unspecified atom stereocenters. The van der Waals surface area contributed by atoms with Crippen LogP contribution in [-0.2, 0) is 14.3 Å². The minimum absolute atomic E-state index is 0.116. The molecule has 0 rings (SSSR count). The van der Waals surface area contributed by atoms with Gasteiger partial charge in [-0.25, -0.2) is 0 Å². The molecule has 3 N–H and O–H groups in total. The summed E-state index contributed by atoms with van der Waals surface area (Å²) in [5.41, 5.74) is 0. The zero-order valence-electron chi connectivity index (χ0n) is 10.4. The lowest BCUT2D eigenvalue weighted by molar-refractivity contribution is -0.141. The Kier molecular flexibility index (Phi) is 13.9. The number of carboxylic acid groups (broad SMARTS) is 1. The van der Waals surface area contributed by atoms with Crippen molar-refractivity contribution in [3.8, 4) is 0 Å². The molecular formula is C11H22O6. The number of carboxylic acids is 1. The van der Waals surface area contributed by atoms with Gasteiger partial charge in [0, 0.05) is 27.1 Å². The Hall–Kier alpha value is -1.14. The Morgan fingerprint density at radius 3 is 1.76 bits per heavy atom. The number of carbonyl (C=O) groups excluding carboxylic acids is 1. The molecular weight excluding hydrogens is 228 g/mol. The Bertz CT molecular complexity index is 194. The molecule has 0 saturated carbocycles. The van der Waals surface area contributed by atoms with Crippen molar-refractivity contribution in [2.75, 3.05) is 19.8 Å². The number of rotatable bonds is 7. The summed E-state index contributed by atoms with van der Waals surface area (Å²) in [5.74, 6) is -0.874. The molecule has 0 fully saturated rings. The zero-order valence-corrected chi connectivity index (χ0v) is 10.4. The maximum Gasteiger partial charge on any atom is 0.302 e. The molecule has 0 aromatic heterocycles. The standard InChI is InChI=1S/C9H18O4.C2H4O2/c1-8(12)13-7-4-9(2-5-10)3-6-11;1-2(3)4/h9-11H,2-7H2,1H3;1H3,(H,3,4). The van der Waals surface area contributed by atoms with E-state index in [1.165, 1.54) is 6.92 Å². The lowest BCUT2D eigenvalue weighted by atomic mass is 9.99. The van der Waals surface area contributed by atoms with Gasteiger partial charge < -0.3 is 20.1 Å². The van der Waals surface area contributed by atoms with Crippen LogP contribution >= 0.6 is 0 Å². The number of carbonyl (C=O) groups is 2. The molecule has 17 heavy (non-hydrogen) atoms. The SMILES string of the molecule is CC(=O)O.CC(=O)OCCC(CCO)CCO. The predicted octanol–water partition coefficient (Wildman–Crippen LogP) is 0.412. The van der Waals surface area contributed by atoms with E-state index in [-0.39, 0.29) is 25.1 Å². The van der Waals surface area contributed by atoms with E-state index < -0.39 is 5.97 Å². The summed E-state index contributed by atoms with van der Waals surface area (Å²) in [4.78, 5) is 19.4. The van der Waals surface area contributed by atoms with Gasteiger partial charge in [-0.3, -0.25) is 9.59 Å². The molecule has 6 nitrogen and oxygen atoms in total. The van der Waals surface area contributed by atoms with E-state index in [0.717, 1.165) is 6.92 Å². The summed E-state index contributed by atoms with van der Waals surface area (Å²) in [6.07, 6.45) is 2.02. The van der Waals surface area contributed by atoms with Crippen LogP contribution in [0.4, 0.5) is 0 Å². The highest BCUT2D eigenvalue weighted by atomic mass is 16.5. The van der Waals surface area contributed by atoms with Gasteiger partial charge in [-0.2, -0.15) is 0 Å². The van der Waals surface area contributed by atoms with Crippen molar-refractivity contribution in [1.29, 1.82) is 0 Å². The molecule has 0 aromatic rings. The Labute approximate surface area is 101 Å². The second-order valence-electron chi connectivity index (χ2n) is 3.54. The van der Waals surface area contributed by atoms with E-state index in [0.29, 0.717) is 25.9 Å². The van der Waals surface area contributed by atoms with Crippen molar-refractivity contribution in [1.82, 2.24) is 0 Å². The molecule has 0 aliphatic rings. The highest BCUT2D eigenvalue weighted by Gasteiger charge is 2.07. The third-order valence-electron chi connectivity index (χ3n) is 1.91. The molecule has 0 radical (unpaired) electrons. The van der Waals surface area contributed by atoms with Gasteiger partial charge in [0.05, 0.1) is 6.61 Å². The van der Waals surface area contributed by atoms with Crippen LogP contribution in [0.5, 0.6) is 0 Å². The molecule has 0 aliphatic heterocycles. The minimum atomic E-state index is -0.833. The highest BCUT2D eigenvalue weighted by molar-refractivity contribution is 5.65. The zero-order chi connectivity index (χ0) is 13.7. The molecule has 0 aliphatic carbocycles. The quantitative estimate of drug-likeness (QED) is 0.565. The number of aliphatic hydroxyl groups is 2. The fourth-order valence-electron chi connectivity index (χ4n) is 1.17. The fourth-order valence-corrected chi connectivity index (χ4v) is 1.17. The second kappa shape index (κ2) is 12.9. The summed E-state index contributed by atoms with van der Waals surface area (Å²) in [7, 11) is 0. The van der Waals surface area contributed by atoms with Crippen molar-refractivity contribution < 1.29 is 29.6 Å². The van der Waals surface area contributed by atoms with Crippen LogP contribution in [0.3, 0.4) is 0 Å². The average Bonchev–Trinajstić information content (AvgIpc) is 2.16. The summed E-state index contributed by atoms with van der Waals surface area (Å²) in [6.45, 7) is 3.06. The van der Waals surface area contributed by atoms with Gasteiger partial charge in [0.2, 0.25) is 0 Å². The molecule has 6 heteroatoms.